The minimum Gasteiger partial charge on any atom is -0.381 e. The normalized spacial score (nSPS) is 16.7. The van der Waals surface area contributed by atoms with Gasteiger partial charge in [0.05, 0.1) is 6.04 Å². The molecule has 19 heavy (non-hydrogen) atoms. The molecule has 0 saturated heterocycles. The van der Waals surface area contributed by atoms with Crippen LogP contribution in [0.25, 0.3) is 10.1 Å². The van der Waals surface area contributed by atoms with E-state index in [1.54, 1.807) is 19.2 Å². The SMILES string of the molecule is CNC(C(Cl)Cl)C(O)(CF)c1ccc2ccsc2c1. The molecule has 0 aliphatic carbocycles. The molecule has 1 aromatic carbocycles. The van der Waals surface area contributed by atoms with E-state index in [-0.39, 0.29) is 0 Å². The first kappa shape index (κ1) is 15.0. The van der Waals surface area contributed by atoms with E-state index >= 15 is 0 Å². The minimum absolute atomic E-state index is 0.468. The molecule has 104 valence electrons. The summed E-state index contributed by atoms with van der Waals surface area (Å²) in [6.45, 7) is -0.967. The quantitative estimate of drug-likeness (QED) is 0.827. The fourth-order valence-electron chi connectivity index (χ4n) is 2.14. The van der Waals surface area contributed by atoms with E-state index in [4.69, 9.17) is 23.2 Å². The van der Waals surface area contributed by atoms with Crippen LogP contribution in [0.3, 0.4) is 0 Å². The number of nitrogens with one attached hydrogen (secondary N) is 1. The van der Waals surface area contributed by atoms with Crippen molar-refractivity contribution in [2.75, 3.05) is 13.7 Å². The van der Waals surface area contributed by atoms with Crippen LogP contribution in [0.5, 0.6) is 0 Å². The Bertz CT molecular complexity index is 562. The van der Waals surface area contributed by atoms with Crippen LogP contribution >= 0.6 is 34.5 Å². The van der Waals surface area contributed by atoms with Gasteiger partial charge in [0, 0.05) is 4.70 Å². The van der Waals surface area contributed by atoms with Crippen molar-refractivity contribution in [2.45, 2.75) is 16.5 Å². The predicted octanol–water partition coefficient (Wildman–Crippen LogP) is 3.45. The highest BCUT2D eigenvalue weighted by molar-refractivity contribution is 7.17. The van der Waals surface area contributed by atoms with Crippen LogP contribution in [-0.2, 0) is 5.60 Å². The second-order valence-electron chi connectivity index (χ2n) is 4.33. The zero-order valence-electron chi connectivity index (χ0n) is 10.2. The Balaban J connectivity index is 2.49. The maximum Gasteiger partial charge on any atom is 0.136 e. The molecule has 2 N–H and O–H groups in total. The maximum absolute atomic E-state index is 13.4. The van der Waals surface area contributed by atoms with Crippen LogP contribution in [0.4, 0.5) is 4.39 Å². The summed E-state index contributed by atoms with van der Waals surface area (Å²) in [6, 6.07) is 6.51. The Morgan fingerprint density at radius 3 is 2.74 bits per heavy atom. The average molecular weight is 322 g/mol. The van der Waals surface area contributed by atoms with Crippen molar-refractivity contribution >= 4 is 44.6 Å². The standard InChI is InChI=1S/C13H14Cl2FNOS/c1-17-11(12(14)15)13(18,7-16)9-3-2-8-4-5-19-10(8)6-9/h2-6,11-12,17-18H,7H2,1H3. The predicted molar refractivity (Wildman–Crippen MR) is 80.0 cm³/mol. The van der Waals surface area contributed by atoms with Crippen molar-refractivity contribution in [3.05, 3.63) is 35.2 Å². The fourth-order valence-corrected chi connectivity index (χ4v) is 3.63. The van der Waals surface area contributed by atoms with Gasteiger partial charge >= 0.3 is 0 Å². The number of hydrogen-bond donors (Lipinski definition) is 2. The van der Waals surface area contributed by atoms with Gasteiger partial charge in [-0.15, -0.1) is 34.5 Å². The summed E-state index contributed by atoms with van der Waals surface area (Å²) >= 11 is 13.2. The van der Waals surface area contributed by atoms with Crippen molar-refractivity contribution < 1.29 is 9.50 Å². The number of fused-ring (bicyclic) bond motifs is 1. The molecule has 0 aliphatic rings. The molecule has 1 aromatic heterocycles. The number of hydrogen-bond acceptors (Lipinski definition) is 3. The lowest BCUT2D eigenvalue weighted by molar-refractivity contribution is -0.0188. The molecule has 2 rings (SSSR count). The van der Waals surface area contributed by atoms with Gasteiger partial charge in [0.1, 0.15) is 17.1 Å². The number of halogens is 3. The van der Waals surface area contributed by atoms with Crippen LogP contribution in [-0.4, -0.2) is 29.7 Å². The van der Waals surface area contributed by atoms with Crippen molar-refractivity contribution in [1.82, 2.24) is 5.32 Å². The zero-order chi connectivity index (χ0) is 14.0. The number of rotatable bonds is 5. The van der Waals surface area contributed by atoms with E-state index in [1.807, 2.05) is 17.5 Å². The number of alkyl halides is 3. The lowest BCUT2D eigenvalue weighted by Crippen LogP contribution is -2.52. The smallest absolute Gasteiger partial charge is 0.136 e. The van der Waals surface area contributed by atoms with Crippen LogP contribution < -0.4 is 5.32 Å². The van der Waals surface area contributed by atoms with Gasteiger partial charge in [-0.3, -0.25) is 0 Å². The third-order valence-electron chi connectivity index (χ3n) is 3.24. The molecule has 2 aromatic rings. The van der Waals surface area contributed by atoms with Gasteiger partial charge < -0.3 is 10.4 Å². The Morgan fingerprint density at radius 2 is 2.16 bits per heavy atom. The van der Waals surface area contributed by atoms with Crippen molar-refractivity contribution in [2.24, 2.45) is 0 Å². The molecular weight excluding hydrogens is 308 g/mol. The van der Waals surface area contributed by atoms with E-state index in [0.29, 0.717) is 5.56 Å². The first-order valence-corrected chi connectivity index (χ1v) is 7.49. The summed E-state index contributed by atoms with van der Waals surface area (Å²) in [6.07, 6.45) is 0. The minimum atomic E-state index is -1.75. The van der Waals surface area contributed by atoms with Crippen LogP contribution in [0.2, 0.25) is 0 Å². The third-order valence-corrected chi connectivity index (χ3v) is 4.62. The summed E-state index contributed by atoms with van der Waals surface area (Å²) in [7, 11) is 1.59. The molecule has 0 bridgehead atoms. The topological polar surface area (TPSA) is 32.3 Å². The van der Waals surface area contributed by atoms with E-state index in [2.05, 4.69) is 5.32 Å². The highest BCUT2D eigenvalue weighted by Crippen LogP contribution is 2.33. The first-order chi connectivity index (χ1) is 9.02. The van der Waals surface area contributed by atoms with E-state index in [0.717, 1.165) is 10.1 Å². The van der Waals surface area contributed by atoms with Gasteiger partial charge in [-0.25, -0.2) is 4.39 Å². The molecule has 2 atom stereocenters. The molecule has 1 heterocycles. The van der Waals surface area contributed by atoms with E-state index in [9.17, 15) is 9.50 Å². The summed E-state index contributed by atoms with van der Waals surface area (Å²) in [5.74, 6) is 0. The Hall–Kier alpha value is -0.390. The Morgan fingerprint density at radius 1 is 1.42 bits per heavy atom. The molecule has 0 amide bonds. The van der Waals surface area contributed by atoms with Gasteiger partial charge in [0.25, 0.3) is 0 Å². The molecular formula is C13H14Cl2FNOS. The van der Waals surface area contributed by atoms with Gasteiger partial charge in [0.2, 0.25) is 0 Å². The lowest BCUT2D eigenvalue weighted by Gasteiger charge is -2.35. The summed E-state index contributed by atoms with van der Waals surface area (Å²) in [4.78, 5) is -0.926. The third kappa shape index (κ3) is 2.73. The first-order valence-electron chi connectivity index (χ1n) is 5.74. The second-order valence-corrected chi connectivity index (χ2v) is 6.44. The van der Waals surface area contributed by atoms with Gasteiger partial charge in [-0.05, 0) is 35.5 Å². The monoisotopic (exact) mass is 321 g/mol. The van der Waals surface area contributed by atoms with Gasteiger partial charge in [-0.2, -0.15) is 0 Å². The molecule has 0 radical (unpaired) electrons. The lowest BCUT2D eigenvalue weighted by atomic mass is 9.88. The van der Waals surface area contributed by atoms with Gasteiger partial charge in [-0.1, -0.05) is 12.1 Å². The van der Waals surface area contributed by atoms with Crippen molar-refractivity contribution in [3.8, 4) is 0 Å². The zero-order valence-corrected chi connectivity index (χ0v) is 12.6. The van der Waals surface area contributed by atoms with Crippen molar-refractivity contribution in [3.63, 3.8) is 0 Å². The molecule has 2 unspecified atom stereocenters. The second kappa shape index (κ2) is 5.94. The molecule has 2 nitrogen and oxygen atoms in total. The van der Waals surface area contributed by atoms with Crippen molar-refractivity contribution in [1.29, 1.82) is 0 Å². The van der Waals surface area contributed by atoms with Gasteiger partial charge in [0.15, 0.2) is 0 Å². The Kier molecular flexibility index (Phi) is 4.69. The van der Waals surface area contributed by atoms with Crippen LogP contribution in [0.1, 0.15) is 5.56 Å². The summed E-state index contributed by atoms with van der Waals surface area (Å²) in [5, 5.41) is 16.4. The van der Waals surface area contributed by atoms with Crippen LogP contribution in [0.15, 0.2) is 29.6 Å². The number of likely N-dealkylation sites (N-methyl/N-ethyl adjacent to an activating group) is 1. The summed E-state index contributed by atoms with van der Waals surface area (Å²) in [5.41, 5.74) is -1.28. The molecule has 0 aliphatic heterocycles. The maximum atomic E-state index is 13.4. The Labute approximate surface area is 125 Å². The average Bonchev–Trinajstić information content (AvgIpc) is 2.85. The molecule has 0 fully saturated rings. The van der Waals surface area contributed by atoms with E-state index < -0.39 is 23.2 Å². The number of thiophene rings is 1. The summed E-state index contributed by atoms with van der Waals surface area (Å²) < 4.78 is 14.4. The van der Waals surface area contributed by atoms with Crippen LogP contribution in [0, 0.1) is 0 Å². The molecule has 0 spiro atoms. The molecule has 6 heteroatoms. The number of benzene rings is 1. The largest absolute Gasteiger partial charge is 0.381 e. The molecule has 0 saturated carbocycles. The highest BCUT2D eigenvalue weighted by atomic mass is 35.5. The number of aliphatic hydroxyl groups is 1. The van der Waals surface area contributed by atoms with E-state index in [1.165, 1.54) is 11.3 Å². The highest BCUT2D eigenvalue weighted by Gasteiger charge is 2.41. The fraction of sp³-hybridized carbons (Fsp3) is 0.385.